The number of hydrogen-bond acceptors (Lipinski definition) is 1. The number of hydrogen-bond donors (Lipinski definition) is 0. The zero-order chi connectivity index (χ0) is 4.41. The Morgan fingerprint density at radius 2 is 2.50 bits per heavy atom. The first kappa shape index (κ1) is 4.52. The van der Waals surface area contributed by atoms with E-state index in [0.717, 1.165) is 17.6 Å². The maximum absolute atomic E-state index is 5.01. The van der Waals surface area contributed by atoms with E-state index in [2.05, 4.69) is 15.9 Å². The molecular weight excluding hydrogens is 116 g/mol. The van der Waals surface area contributed by atoms with Crippen molar-refractivity contribution < 1.29 is 20.6 Å². The van der Waals surface area contributed by atoms with Crippen molar-refractivity contribution in [2.45, 2.75) is 12.8 Å². The van der Waals surface area contributed by atoms with Crippen LogP contribution in [0.5, 0.6) is 0 Å². The van der Waals surface area contributed by atoms with E-state index in [1.54, 1.807) is 0 Å². The van der Waals surface area contributed by atoms with Crippen molar-refractivity contribution in [1.29, 1.82) is 0 Å². The molecule has 0 unspecified atom stereocenters. The summed E-state index contributed by atoms with van der Waals surface area (Å²) in [7, 11) is 0. The molecule has 0 spiro atoms. The topological polar surface area (TPSA) is 9.23 Å². The second kappa shape index (κ2) is 1.88. The van der Waals surface area contributed by atoms with Gasteiger partial charge in [-0.15, -0.1) is 0 Å². The second-order valence-electron chi connectivity index (χ2n) is 1.32. The fourth-order valence-electron chi connectivity index (χ4n) is 0.475. The molecule has 0 saturated carbocycles. The van der Waals surface area contributed by atoms with Crippen LogP contribution < -0.4 is 0 Å². The predicted molar refractivity (Wildman–Crippen MR) is 20.2 cm³/mol. The zero-order valence-electron chi connectivity index (χ0n) is 3.44. The Bertz CT molecular complexity index is 61.9. The van der Waals surface area contributed by atoms with Crippen LogP contribution in [0.2, 0.25) is 0 Å². The monoisotopic (exact) mass is 122 g/mol. The summed E-state index contributed by atoms with van der Waals surface area (Å²) in [6.45, 7) is 0.919. The van der Waals surface area contributed by atoms with Crippen molar-refractivity contribution >= 4 is 4.57 Å². The third kappa shape index (κ3) is 0.910. The standard InChI is InChI=1S/C4H6O.Cr/c1-2-4-5-3-1;/h1-3H2;. The molecule has 1 saturated heterocycles. The fraction of sp³-hybridized carbons (Fsp3) is 0.750. The van der Waals surface area contributed by atoms with Crippen LogP contribution in [0.25, 0.3) is 0 Å². The summed E-state index contributed by atoms with van der Waals surface area (Å²) < 4.78 is 6.09. The molecule has 0 aromatic heterocycles. The summed E-state index contributed by atoms with van der Waals surface area (Å²) in [5, 5.41) is 0. The van der Waals surface area contributed by atoms with Gasteiger partial charge in [-0.1, -0.05) is 0 Å². The molecule has 6 heavy (non-hydrogen) atoms. The van der Waals surface area contributed by atoms with E-state index in [1.807, 2.05) is 0 Å². The quantitative estimate of drug-likeness (QED) is 0.454. The summed E-state index contributed by atoms with van der Waals surface area (Å²) in [5.41, 5.74) is 0. The molecule has 1 fully saturated rings. The van der Waals surface area contributed by atoms with E-state index >= 15 is 0 Å². The van der Waals surface area contributed by atoms with Gasteiger partial charge in [-0.05, 0) is 0 Å². The molecule has 1 aliphatic heterocycles. The normalized spacial score (nSPS) is 22.3. The molecule has 0 bridgehead atoms. The first-order chi connectivity index (χ1) is 2.89. The SMILES string of the molecule is [Cr]=[C]1CCCO1. The van der Waals surface area contributed by atoms with E-state index < -0.39 is 0 Å². The van der Waals surface area contributed by atoms with Crippen LogP contribution in [0.4, 0.5) is 0 Å². The van der Waals surface area contributed by atoms with E-state index in [1.165, 1.54) is 6.42 Å². The summed E-state index contributed by atoms with van der Waals surface area (Å²) in [5.74, 6) is 0. The van der Waals surface area contributed by atoms with Gasteiger partial charge in [-0.3, -0.25) is 0 Å². The minimum absolute atomic E-state index is 0.919. The Morgan fingerprint density at radius 3 is 2.67 bits per heavy atom. The van der Waals surface area contributed by atoms with E-state index in [0.29, 0.717) is 0 Å². The van der Waals surface area contributed by atoms with E-state index in [-0.39, 0.29) is 0 Å². The van der Waals surface area contributed by atoms with Crippen molar-refractivity contribution in [3.8, 4) is 0 Å². The molecule has 0 amide bonds. The van der Waals surface area contributed by atoms with Gasteiger partial charge < -0.3 is 0 Å². The van der Waals surface area contributed by atoms with Crippen molar-refractivity contribution in [1.82, 2.24) is 0 Å². The first-order valence-corrected chi connectivity index (χ1v) is 2.69. The average molecular weight is 122 g/mol. The molecule has 1 aliphatic rings. The summed E-state index contributed by atoms with van der Waals surface area (Å²) in [6, 6.07) is 0. The molecule has 2 heteroatoms. The first-order valence-electron chi connectivity index (χ1n) is 2.05. The van der Waals surface area contributed by atoms with Crippen LogP contribution in [-0.4, -0.2) is 11.2 Å². The Hall–Kier alpha value is 0.362. The summed E-state index contributed by atoms with van der Waals surface area (Å²) in [4.78, 5) is 0. The third-order valence-corrected chi connectivity index (χ3v) is 1.29. The van der Waals surface area contributed by atoms with E-state index in [9.17, 15) is 0 Å². The molecule has 0 aromatic rings. The molecule has 34 valence electrons. The van der Waals surface area contributed by atoms with Crippen molar-refractivity contribution in [3.63, 3.8) is 0 Å². The van der Waals surface area contributed by atoms with Crippen LogP contribution in [-0.2, 0) is 20.6 Å². The molecule has 0 aromatic carbocycles. The van der Waals surface area contributed by atoms with Gasteiger partial charge in [0, 0.05) is 0 Å². The molecule has 1 heterocycles. The number of ether oxygens (including phenoxy) is 1. The van der Waals surface area contributed by atoms with Gasteiger partial charge >= 0.3 is 44.6 Å². The molecule has 0 radical (unpaired) electrons. The molecule has 0 N–H and O–H groups in total. The van der Waals surface area contributed by atoms with Crippen molar-refractivity contribution in [2.24, 2.45) is 0 Å². The van der Waals surface area contributed by atoms with Gasteiger partial charge in [0.05, 0.1) is 0 Å². The van der Waals surface area contributed by atoms with Crippen LogP contribution in [0, 0.1) is 0 Å². The molecular formula is C4H6CrO. The van der Waals surface area contributed by atoms with Gasteiger partial charge in [-0.2, -0.15) is 0 Å². The Morgan fingerprint density at radius 1 is 1.67 bits per heavy atom. The van der Waals surface area contributed by atoms with Gasteiger partial charge in [-0.25, -0.2) is 0 Å². The minimum atomic E-state index is 0.919. The molecule has 1 nitrogen and oxygen atoms in total. The summed E-state index contributed by atoms with van der Waals surface area (Å²) >= 11 is 2.83. The van der Waals surface area contributed by atoms with Gasteiger partial charge in [0.1, 0.15) is 0 Å². The third-order valence-electron chi connectivity index (χ3n) is 0.788. The average Bonchev–Trinajstić information content (AvgIpc) is 1.86. The van der Waals surface area contributed by atoms with Gasteiger partial charge in [0.2, 0.25) is 0 Å². The van der Waals surface area contributed by atoms with Gasteiger partial charge in [0.25, 0.3) is 0 Å². The molecule has 0 atom stereocenters. The summed E-state index contributed by atoms with van der Waals surface area (Å²) in [6.07, 6.45) is 2.32. The zero-order valence-corrected chi connectivity index (χ0v) is 4.71. The van der Waals surface area contributed by atoms with E-state index in [4.69, 9.17) is 4.74 Å². The van der Waals surface area contributed by atoms with Crippen LogP contribution >= 0.6 is 0 Å². The van der Waals surface area contributed by atoms with Crippen LogP contribution in [0.1, 0.15) is 12.8 Å². The Kier molecular flexibility index (Phi) is 1.42. The maximum atomic E-state index is 5.01. The molecule has 1 rings (SSSR count). The van der Waals surface area contributed by atoms with Crippen LogP contribution in [0.15, 0.2) is 0 Å². The Balaban J connectivity index is 2.37. The van der Waals surface area contributed by atoms with Crippen molar-refractivity contribution in [2.75, 3.05) is 6.61 Å². The molecule has 0 aliphatic carbocycles. The van der Waals surface area contributed by atoms with Crippen molar-refractivity contribution in [3.05, 3.63) is 0 Å². The second-order valence-corrected chi connectivity index (χ2v) is 2.04. The van der Waals surface area contributed by atoms with Gasteiger partial charge in [0.15, 0.2) is 0 Å². The fourth-order valence-corrected chi connectivity index (χ4v) is 0.830. The van der Waals surface area contributed by atoms with Crippen LogP contribution in [0.3, 0.4) is 0 Å². The number of rotatable bonds is 0. The Labute approximate surface area is 45.3 Å². The predicted octanol–water partition coefficient (Wildman–Crippen LogP) is 0.474.